The van der Waals surface area contributed by atoms with Gasteiger partial charge in [0.1, 0.15) is 6.04 Å². The number of fused-ring (bicyclic) bond motifs is 1. The number of nitrogens with zero attached hydrogens (tertiary/aromatic N) is 4. The Morgan fingerprint density at radius 2 is 1.69 bits per heavy atom. The maximum Gasteiger partial charge on any atom is 0.329 e. The van der Waals surface area contributed by atoms with Crippen molar-refractivity contribution in [3.63, 3.8) is 0 Å². The number of likely N-dealkylation sites (tertiary alicyclic amines) is 2. The fourth-order valence-corrected chi connectivity index (χ4v) is 8.08. The molecule has 1 aliphatic carbocycles. The molecule has 1 saturated carbocycles. The number of piperidine rings is 3. The standard InChI is InChI=1S/C33H47N5O4/c1-22-4-3-5-26(20-22)32(41)37-18-11-23(12-19-37)10-15-36-16-13-24(14-17-36)25-6-7-27-29(21-25)35(2)33(42)38(27)28-8-9-30(39)34-31(28)40/h6-7,21-24,26,28H,3-5,8-20H2,1-2H3,(H,34,39,40). The zero-order chi connectivity index (χ0) is 29.4. The number of imide groups is 1. The van der Waals surface area contributed by atoms with Crippen molar-refractivity contribution in [2.24, 2.45) is 24.8 Å². The van der Waals surface area contributed by atoms with Gasteiger partial charge in [-0.2, -0.15) is 0 Å². The summed E-state index contributed by atoms with van der Waals surface area (Å²) in [5.74, 6) is 1.88. The average Bonchev–Trinajstić information content (AvgIpc) is 3.25. The van der Waals surface area contributed by atoms with E-state index in [-0.39, 0.29) is 23.9 Å². The van der Waals surface area contributed by atoms with Crippen molar-refractivity contribution < 1.29 is 14.4 Å². The minimum absolute atomic E-state index is 0.217. The molecule has 9 heteroatoms. The highest BCUT2D eigenvalue weighted by Gasteiger charge is 2.33. The van der Waals surface area contributed by atoms with E-state index >= 15 is 0 Å². The van der Waals surface area contributed by atoms with E-state index in [1.807, 2.05) is 6.07 Å². The van der Waals surface area contributed by atoms with Crippen LogP contribution < -0.4 is 11.0 Å². The Morgan fingerprint density at radius 3 is 2.40 bits per heavy atom. The van der Waals surface area contributed by atoms with Gasteiger partial charge in [-0.15, -0.1) is 0 Å². The second-order valence-corrected chi connectivity index (χ2v) is 13.6. The largest absolute Gasteiger partial charge is 0.342 e. The molecule has 3 amide bonds. The van der Waals surface area contributed by atoms with Crippen LogP contribution in [0, 0.1) is 17.8 Å². The van der Waals surface area contributed by atoms with Crippen LogP contribution in [0.3, 0.4) is 0 Å². The van der Waals surface area contributed by atoms with E-state index in [0.29, 0.717) is 30.1 Å². The second kappa shape index (κ2) is 12.3. The van der Waals surface area contributed by atoms with Gasteiger partial charge in [-0.05, 0) is 106 Å². The lowest BCUT2D eigenvalue weighted by molar-refractivity contribution is -0.138. The second-order valence-electron chi connectivity index (χ2n) is 13.6. The summed E-state index contributed by atoms with van der Waals surface area (Å²) < 4.78 is 3.19. The Kier molecular flexibility index (Phi) is 8.57. The highest BCUT2D eigenvalue weighted by molar-refractivity contribution is 6.00. The van der Waals surface area contributed by atoms with Crippen LogP contribution in [0.2, 0.25) is 0 Å². The molecular formula is C33H47N5O4. The molecular weight excluding hydrogens is 530 g/mol. The van der Waals surface area contributed by atoms with Crippen LogP contribution >= 0.6 is 0 Å². The molecule has 1 N–H and O–H groups in total. The summed E-state index contributed by atoms with van der Waals surface area (Å²) in [5, 5.41) is 2.38. The Hall–Kier alpha value is -2.94. The first-order chi connectivity index (χ1) is 20.3. The van der Waals surface area contributed by atoms with Crippen molar-refractivity contribution in [3.8, 4) is 0 Å². The maximum absolute atomic E-state index is 13.1. The number of hydrogen-bond donors (Lipinski definition) is 1. The molecule has 6 rings (SSSR count). The van der Waals surface area contributed by atoms with Crippen molar-refractivity contribution in [3.05, 3.63) is 34.2 Å². The van der Waals surface area contributed by atoms with E-state index in [0.717, 1.165) is 82.3 Å². The van der Waals surface area contributed by atoms with Gasteiger partial charge in [0.15, 0.2) is 0 Å². The van der Waals surface area contributed by atoms with Gasteiger partial charge in [0.05, 0.1) is 11.0 Å². The number of aryl methyl sites for hydroxylation is 1. The third-order valence-electron chi connectivity index (χ3n) is 10.8. The van der Waals surface area contributed by atoms with E-state index in [9.17, 15) is 19.2 Å². The van der Waals surface area contributed by atoms with Crippen molar-refractivity contribution in [1.82, 2.24) is 24.3 Å². The molecule has 4 heterocycles. The summed E-state index contributed by atoms with van der Waals surface area (Å²) in [7, 11) is 1.76. The Balaban J connectivity index is 0.993. The van der Waals surface area contributed by atoms with E-state index in [2.05, 4.69) is 34.2 Å². The number of aromatic nitrogens is 2. The maximum atomic E-state index is 13.1. The lowest BCUT2D eigenvalue weighted by Gasteiger charge is -2.37. The number of hydrogen-bond acceptors (Lipinski definition) is 5. The Morgan fingerprint density at radius 1 is 0.929 bits per heavy atom. The molecule has 4 aliphatic rings. The molecule has 1 aromatic heterocycles. The number of amides is 3. The lowest BCUT2D eigenvalue weighted by atomic mass is 9.81. The van der Waals surface area contributed by atoms with Gasteiger partial charge < -0.3 is 9.80 Å². The fourth-order valence-electron chi connectivity index (χ4n) is 8.08. The van der Waals surface area contributed by atoms with Crippen molar-refractivity contribution >= 4 is 28.8 Å². The van der Waals surface area contributed by atoms with Gasteiger partial charge in [0, 0.05) is 32.5 Å². The van der Waals surface area contributed by atoms with Crippen molar-refractivity contribution in [2.75, 3.05) is 32.7 Å². The number of imidazole rings is 1. The van der Waals surface area contributed by atoms with Crippen LogP contribution in [0.5, 0.6) is 0 Å². The smallest absolute Gasteiger partial charge is 0.329 e. The number of nitrogens with one attached hydrogen (secondary N) is 1. The molecule has 3 aliphatic heterocycles. The highest BCUT2D eigenvalue weighted by atomic mass is 16.2. The third-order valence-corrected chi connectivity index (χ3v) is 10.8. The van der Waals surface area contributed by atoms with Crippen molar-refractivity contribution in [2.45, 2.75) is 89.5 Å². The first-order valence-corrected chi connectivity index (χ1v) is 16.3. The summed E-state index contributed by atoms with van der Waals surface area (Å²) in [6.45, 7) is 7.46. The summed E-state index contributed by atoms with van der Waals surface area (Å²) in [5.41, 5.74) is 2.62. The molecule has 0 spiro atoms. The molecule has 2 aromatic rings. The monoisotopic (exact) mass is 577 g/mol. The SMILES string of the molecule is CC1CCCC(C(=O)N2CCC(CCN3CCC(c4ccc5c(c4)n(C)c(=O)n5C4CCC(=O)NC4=O)CC3)CC2)C1. The van der Waals surface area contributed by atoms with E-state index in [1.165, 1.54) is 24.8 Å². The molecule has 3 atom stereocenters. The molecule has 9 nitrogen and oxygen atoms in total. The zero-order valence-electron chi connectivity index (χ0n) is 25.4. The summed E-state index contributed by atoms with van der Waals surface area (Å²) in [4.78, 5) is 55.0. The number of benzene rings is 1. The third kappa shape index (κ3) is 5.94. The van der Waals surface area contributed by atoms with Crippen LogP contribution in [0.4, 0.5) is 0 Å². The number of carbonyl (C=O) groups is 3. The minimum Gasteiger partial charge on any atom is -0.342 e. The van der Waals surface area contributed by atoms with E-state index in [4.69, 9.17) is 0 Å². The number of rotatable bonds is 6. The number of carbonyl (C=O) groups excluding carboxylic acids is 3. The van der Waals surface area contributed by atoms with Crippen LogP contribution in [0.1, 0.15) is 95.1 Å². The molecule has 3 unspecified atom stereocenters. The van der Waals surface area contributed by atoms with E-state index in [1.54, 1.807) is 16.2 Å². The summed E-state index contributed by atoms with van der Waals surface area (Å²) in [6.07, 6.45) is 10.9. The van der Waals surface area contributed by atoms with Gasteiger partial charge in [0.2, 0.25) is 17.7 Å². The average molecular weight is 578 g/mol. The first kappa shape index (κ1) is 29.1. The van der Waals surface area contributed by atoms with Gasteiger partial charge in [-0.1, -0.05) is 25.8 Å². The molecule has 3 saturated heterocycles. The fraction of sp³-hybridized carbons (Fsp3) is 0.697. The molecule has 4 fully saturated rings. The predicted molar refractivity (Wildman–Crippen MR) is 162 cm³/mol. The quantitative estimate of drug-likeness (QED) is 0.525. The molecule has 42 heavy (non-hydrogen) atoms. The normalized spacial score (nSPS) is 27.0. The molecule has 228 valence electrons. The van der Waals surface area contributed by atoms with Gasteiger partial charge in [-0.25, -0.2) is 4.79 Å². The summed E-state index contributed by atoms with van der Waals surface area (Å²) >= 11 is 0. The molecule has 0 radical (unpaired) electrons. The molecule has 1 aromatic carbocycles. The Labute approximate surface area is 248 Å². The van der Waals surface area contributed by atoms with Crippen LogP contribution in [0.25, 0.3) is 11.0 Å². The van der Waals surface area contributed by atoms with Crippen molar-refractivity contribution in [1.29, 1.82) is 0 Å². The van der Waals surface area contributed by atoms with Crippen LogP contribution in [-0.2, 0) is 21.4 Å². The predicted octanol–water partition coefficient (Wildman–Crippen LogP) is 3.95. The van der Waals surface area contributed by atoms with E-state index < -0.39 is 11.9 Å². The summed E-state index contributed by atoms with van der Waals surface area (Å²) in [6, 6.07) is 5.57. The first-order valence-electron chi connectivity index (χ1n) is 16.3. The van der Waals surface area contributed by atoms with Gasteiger partial charge in [-0.3, -0.25) is 28.8 Å². The zero-order valence-corrected chi connectivity index (χ0v) is 25.4. The van der Waals surface area contributed by atoms with Gasteiger partial charge in [0.25, 0.3) is 0 Å². The minimum atomic E-state index is -0.651. The Bertz CT molecular complexity index is 1380. The lowest BCUT2D eigenvalue weighted by Crippen LogP contribution is -2.44. The highest BCUT2D eigenvalue weighted by Crippen LogP contribution is 2.33. The molecule has 0 bridgehead atoms. The van der Waals surface area contributed by atoms with Crippen LogP contribution in [0.15, 0.2) is 23.0 Å². The topological polar surface area (TPSA) is 96.7 Å². The van der Waals surface area contributed by atoms with Crippen LogP contribution in [-0.4, -0.2) is 69.4 Å². The van der Waals surface area contributed by atoms with Gasteiger partial charge >= 0.3 is 5.69 Å².